The Morgan fingerprint density at radius 2 is 2.12 bits per heavy atom. The van der Waals surface area contributed by atoms with Crippen molar-refractivity contribution in [1.29, 1.82) is 0 Å². The van der Waals surface area contributed by atoms with Gasteiger partial charge in [-0.3, -0.25) is 20.1 Å². The second-order valence-electron chi connectivity index (χ2n) is 8.11. The summed E-state index contributed by atoms with van der Waals surface area (Å²) in [6.07, 6.45) is 1.74. The van der Waals surface area contributed by atoms with Crippen molar-refractivity contribution in [3.05, 3.63) is 56.7 Å². The van der Waals surface area contributed by atoms with Gasteiger partial charge in [-0.05, 0) is 24.3 Å². The highest BCUT2D eigenvalue weighted by Crippen LogP contribution is 2.31. The van der Waals surface area contributed by atoms with Crippen molar-refractivity contribution in [3.63, 3.8) is 0 Å². The molecule has 1 atom stereocenters. The van der Waals surface area contributed by atoms with Gasteiger partial charge in [0, 0.05) is 43.5 Å². The van der Waals surface area contributed by atoms with Crippen LogP contribution >= 0.6 is 22.9 Å². The molecular formula is C23H26ClN5O3S. The van der Waals surface area contributed by atoms with E-state index in [4.69, 9.17) is 21.2 Å². The Morgan fingerprint density at radius 1 is 1.27 bits per heavy atom. The number of ether oxygens (including phenoxy) is 1. The monoisotopic (exact) mass is 487 g/mol. The molecule has 0 spiro atoms. The average molecular weight is 488 g/mol. The van der Waals surface area contributed by atoms with Gasteiger partial charge in [0.2, 0.25) is 0 Å². The first-order valence-electron chi connectivity index (χ1n) is 11.0. The summed E-state index contributed by atoms with van der Waals surface area (Å²) in [5.74, 6) is 0.868. The Bertz CT molecular complexity index is 1100. The van der Waals surface area contributed by atoms with E-state index in [-0.39, 0.29) is 12.0 Å². The second kappa shape index (κ2) is 9.72. The van der Waals surface area contributed by atoms with Crippen molar-refractivity contribution in [2.75, 3.05) is 57.9 Å². The lowest BCUT2D eigenvalue weighted by molar-refractivity contribution is 0.0499. The topological polar surface area (TPSA) is 78.4 Å². The van der Waals surface area contributed by atoms with Crippen molar-refractivity contribution >= 4 is 46.1 Å². The molecule has 0 radical (unpaired) electrons. The molecule has 33 heavy (non-hydrogen) atoms. The number of hydrogen-bond donors (Lipinski definition) is 2. The molecular weight excluding hydrogens is 462 g/mol. The number of hydrogen-bond acceptors (Lipinski definition) is 8. The minimum Gasteiger partial charge on any atom is -0.378 e. The molecule has 1 amide bonds. The summed E-state index contributed by atoms with van der Waals surface area (Å²) in [5, 5.41) is 2.91. The number of hydroxylamine groups is 1. The lowest BCUT2D eigenvalue weighted by Crippen LogP contribution is -2.37. The number of amidine groups is 1. The number of amides is 1. The van der Waals surface area contributed by atoms with E-state index in [1.165, 1.54) is 11.3 Å². The number of morpholine rings is 1. The zero-order valence-corrected chi connectivity index (χ0v) is 19.9. The normalized spacial score (nSPS) is 20.5. The van der Waals surface area contributed by atoms with Crippen LogP contribution in [0.25, 0.3) is 5.70 Å². The number of carbonyl (C=O) groups excluding carboxylic acids is 1. The fraction of sp³-hybridized carbons (Fsp3) is 0.391. The summed E-state index contributed by atoms with van der Waals surface area (Å²) in [5.41, 5.74) is 7.24. The van der Waals surface area contributed by atoms with Crippen molar-refractivity contribution < 1.29 is 14.4 Å². The smallest absolute Gasteiger partial charge is 0.261 e. The molecule has 3 aliphatic heterocycles. The lowest BCUT2D eigenvalue weighted by atomic mass is 10.0. The molecule has 1 aromatic carbocycles. The Balaban J connectivity index is 1.35. The number of nitrogens with zero attached hydrogens (tertiary/aromatic N) is 3. The molecule has 10 heteroatoms. The van der Waals surface area contributed by atoms with Crippen LogP contribution < -0.4 is 15.7 Å². The molecule has 1 unspecified atom stereocenters. The van der Waals surface area contributed by atoms with E-state index in [0.29, 0.717) is 29.0 Å². The molecule has 4 heterocycles. The van der Waals surface area contributed by atoms with Crippen LogP contribution in [0.1, 0.15) is 20.8 Å². The van der Waals surface area contributed by atoms with Gasteiger partial charge >= 0.3 is 0 Å². The van der Waals surface area contributed by atoms with Gasteiger partial charge in [0.1, 0.15) is 11.9 Å². The van der Waals surface area contributed by atoms with Gasteiger partial charge in [-0.2, -0.15) is 0 Å². The van der Waals surface area contributed by atoms with Gasteiger partial charge in [0.15, 0.2) is 0 Å². The highest BCUT2D eigenvalue weighted by molar-refractivity contribution is 7.18. The van der Waals surface area contributed by atoms with E-state index in [2.05, 4.69) is 50.8 Å². The number of halogens is 1. The Labute approximate surface area is 201 Å². The third kappa shape index (κ3) is 4.86. The minimum atomic E-state index is -0.276. The molecule has 1 fully saturated rings. The van der Waals surface area contributed by atoms with E-state index >= 15 is 0 Å². The van der Waals surface area contributed by atoms with Gasteiger partial charge < -0.3 is 19.9 Å². The van der Waals surface area contributed by atoms with Crippen molar-refractivity contribution in [2.45, 2.75) is 6.10 Å². The Kier molecular flexibility index (Phi) is 6.55. The number of likely N-dealkylation sites (N-methyl/N-ethyl adjacent to an activating group) is 1. The van der Waals surface area contributed by atoms with Gasteiger partial charge in [-0.15, -0.1) is 11.3 Å². The average Bonchev–Trinajstić information content (AvgIpc) is 3.59. The molecule has 8 nitrogen and oxygen atoms in total. The number of carbonyl (C=O) groups is 1. The lowest BCUT2D eigenvalue weighted by Gasteiger charge is -2.31. The summed E-state index contributed by atoms with van der Waals surface area (Å²) < 4.78 is 6.16. The van der Waals surface area contributed by atoms with E-state index in [0.717, 1.165) is 54.5 Å². The largest absolute Gasteiger partial charge is 0.378 e. The molecule has 3 aliphatic rings. The quantitative estimate of drug-likeness (QED) is 0.652. The summed E-state index contributed by atoms with van der Waals surface area (Å²) in [6, 6.07) is 9.88. The summed E-state index contributed by atoms with van der Waals surface area (Å²) in [4.78, 5) is 27.9. The van der Waals surface area contributed by atoms with Crippen LogP contribution in [0.5, 0.6) is 0 Å². The Morgan fingerprint density at radius 3 is 2.85 bits per heavy atom. The molecule has 2 aromatic rings. The van der Waals surface area contributed by atoms with Crippen LogP contribution in [0.4, 0.5) is 5.69 Å². The first kappa shape index (κ1) is 22.2. The molecule has 1 aromatic heterocycles. The van der Waals surface area contributed by atoms with Crippen molar-refractivity contribution in [2.24, 2.45) is 4.99 Å². The van der Waals surface area contributed by atoms with Crippen LogP contribution in [-0.2, 0) is 9.57 Å². The van der Waals surface area contributed by atoms with Gasteiger partial charge in [0.25, 0.3) is 5.91 Å². The third-order valence-electron chi connectivity index (χ3n) is 5.89. The molecule has 0 saturated carbocycles. The first-order valence-corrected chi connectivity index (χ1v) is 12.2. The third-order valence-corrected chi connectivity index (χ3v) is 7.12. The highest BCUT2D eigenvalue weighted by atomic mass is 35.5. The Hall–Kier alpha value is -2.59. The van der Waals surface area contributed by atoms with Crippen molar-refractivity contribution in [1.82, 2.24) is 15.7 Å². The van der Waals surface area contributed by atoms with E-state index in [9.17, 15) is 4.79 Å². The fourth-order valence-electron chi connectivity index (χ4n) is 4.16. The number of anilines is 1. The molecule has 1 saturated heterocycles. The van der Waals surface area contributed by atoms with Gasteiger partial charge in [-0.25, -0.2) is 0 Å². The van der Waals surface area contributed by atoms with Crippen LogP contribution in [0.3, 0.4) is 0 Å². The molecule has 0 aliphatic carbocycles. The molecule has 0 bridgehead atoms. The van der Waals surface area contributed by atoms with Crippen LogP contribution in [0.2, 0.25) is 4.34 Å². The van der Waals surface area contributed by atoms with Gasteiger partial charge in [-0.1, -0.05) is 23.7 Å². The minimum absolute atomic E-state index is 0.155. The molecule has 174 valence electrons. The maximum absolute atomic E-state index is 12.3. The number of benzene rings is 1. The predicted molar refractivity (Wildman–Crippen MR) is 131 cm³/mol. The summed E-state index contributed by atoms with van der Waals surface area (Å²) >= 11 is 7.19. The zero-order valence-electron chi connectivity index (χ0n) is 18.3. The SMILES string of the molecule is CN1CCN=C1c1ccc(C2=CC(CNC(=O)c3ccc(Cl)s3)ON2)c(N2CCOCC2)c1. The maximum atomic E-state index is 12.3. The predicted octanol–water partition coefficient (Wildman–Crippen LogP) is 2.60. The number of rotatable bonds is 6. The van der Waals surface area contributed by atoms with E-state index < -0.39 is 0 Å². The number of thiophene rings is 1. The van der Waals surface area contributed by atoms with Crippen molar-refractivity contribution in [3.8, 4) is 0 Å². The summed E-state index contributed by atoms with van der Waals surface area (Å²) in [6.45, 7) is 5.19. The maximum Gasteiger partial charge on any atom is 0.261 e. The van der Waals surface area contributed by atoms with Gasteiger partial charge in [0.05, 0.1) is 41.2 Å². The zero-order chi connectivity index (χ0) is 22.8. The van der Waals surface area contributed by atoms with Crippen LogP contribution in [-0.4, -0.2) is 75.7 Å². The second-order valence-corrected chi connectivity index (χ2v) is 9.83. The van der Waals surface area contributed by atoms with Crippen LogP contribution in [0.15, 0.2) is 41.4 Å². The summed E-state index contributed by atoms with van der Waals surface area (Å²) in [7, 11) is 2.08. The fourth-order valence-corrected chi connectivity index (χ4v) is 5.12. The number of nitrogens with one attached hydrogen (secondary N) is 2. The van der Waals surface area contributed by atoms with E-state index in [1.807, 2.05) is 6.08 Å². The standard InChI is InChI=1S/C23H26ClN5O3S/c1-28-7-6-25-22(28)15-2-3-17(19(12-15)29-8-10-31-11-9-29)18-13-16(32-27-18)14-26-23(30)20-4-5-21(24)33-20/h2-5,12-13,16,27H,6-11,14H2,1H3,(H,26,30). The van der Waals surface area contributed by atoms with E-state index in [1.54, 1.807) is 12.1 Å². The molecule has 5 rings (SSSR count). The molecule has 2 N–H and O–H groups in total. The highest BCUT2D eigenvalue weighted by Gasteiger charge is 2.25. The number of aliphatic imine (C=N–C) groups is 1. The van der Waals surface area contributed by atoms with Crippen LogP contribution in [0, 0.1) is 0 Å². The first-order chi connectivity index (χ1) is 16.1.